The number of benzene rings is 1. The molecular weight excluding hydrogens is 238 g/mol. The summed E-state index contributed by atoms with van der Waals surface area (Å²) in [5.74, 6) is -2.10. The van der Waals surface area contributed by atoms with Crippen LogP contribution in [0.3, 0.4) is 0 Å². The molecule has 1 aliphatic rings. The summed E-state index contributed by atoms with van der Waals surface area (Å²) < 4.78 is 27.5. The Bertz CT molecular complexity index is 455. The number of hydrogen-bond donors (Lipinski definition) is 1. The maximum Gasteiger partial charge on any atom is 0.259 e. The Kier molecular flexibility index (Phi) is 3.91. The molecule has 0 radical (unpaired) electrons. The molecule has 0 saturated carbocycles. The molecule has 1 aliphatic heterocycles. The average molecular weight is 254 g/mol. The molecule has 1 heterocycles. The van der Waals surface area contributed by atoms with Gasteiger partial charge in [0.05, 0.1) is 0 Å². The molecule has 2 rings (SSSR count). The molecule has 1 aromatic rings. The predicted octanol–water partition coefficient (Wildman–Crippen LogP) is 1.71. The molecule has 0 atom stereocenters. The van der Waals surface area contributed by atoms with Crippen LogP contribution < -0.4 is 5.32 Å². The highest BCUT2D eigenvalue weighted by atomic mass is 19.1. The number of amides is 1. The highest BCUT2D eigenvalue weighted by molar-refractivity contribution is 5.95. The van der Waals surface area contributed by atoms with E-state index in [0.717, 1.165) is 19.0 Å². The fourth-order valence-electron chi connectivity index (χ4n) is 2.06. The summed E-state index contributed by atoms with van der Waals surface area (Å²) in [5, 5.41) is 3.14. The molecule has 1 aromatic carbocycles. The van der Waals surface area contributed by atoms with Crippen molar-refractivity contribution in [3.05, 3.63) is 34.9 Å². The van der Waals surface area contributed by atoms with Crippen LogP contribution in [-0.4, -0.2) is 37.0 Å². The van der Waals surface area contributed by atoms with Crippen LogP contribution in [-0.2, 0) is 0 Å². The standard InChI is InChI=1S/C13H16F2N2O/c1-9-3-4-10(14)11(12(9)15)13(18)17-7-2-5-16-6-8-17/h3-4,16H,2,5-8H2,1H3. The molecule has 0 spiro atoms. The highest BCUT2D eigenvalue weighted by Gasteiger charge is 2.24. The first-order valence-corrected chi connectivity index (χ1v) is 6.06. The number of halogens is 2. The van der Waals surface area contributed by atoms with E-state index in [2.05, 4.69) is 5.32 Å². The largest absolute Gasteiger partial charge is 0.337 e. The third kappa shape index (κ3) is 2.51. The Hall–Kier alpha value is -1.49. The fourth-order valence-corrected chi connectivity index (χ4v) is 2.06. The lowest BCUT2D eigenvalue weighted by atomic mass is 10.1. The summed E-state index contributed by atoms with van der Waals surface area (Å²) in [7, 11) is 0. The van der Waals surface area contributed by atoms with Gasteiger partial charge in [-0.1, -0.05) is 6.07 Å². The van der Waals surface area contributed by atoms with Gasteiger partial charge in [-0.15, -0.1) is 0 Å². The zero-order valence-corrected chi connectivity index (χ0v) is 10.3. The third-order valence-corrected chi connectivity index (χ3v) is 3.13. The van der Waals surface area contributed by atoms with Crippen molar-refractivity contribution in [3.63, 3.8) is 0 Å². The van der Waals surface area contributed by atoms with Gasteiger partial charge >= 0.3 is 0 Å². The van der Waals surface area contributed by atoms with Crippen LogP contribution in [0.4, 0.5) is 8.78 Å². The second kappa shape index (κ2) is 5.44. The van der Waals surface area contributed by atoms with Crippen molar-refractivity contribution in [3.8, 4) is 0 Å². The number of hydrogen-bond acceptors (Lipinski definition) is 2. The van der Waals surface area contributed by atoms with Crippen molar-refractivity contribution in [2.75, 3.05) is 26.2 Å². The van der Waals surface area contributed by atoms with Crippen molar-refractivity contribution in [1.29, 1.82) is 0 Å². The van der Waals surface area contributed by atoms with E-state index in [1.165, 1.54) is 17.9 Å². The van der Waals surface area contributed by atoms with Gasteiger partial charge in [0.15, 0.2) is 0 Å². The van der Waals surface area contributed by atoms with Crippen molar-refractivity contribution in [2.45, 2.75) is 13.3 Å². The quantitative estimate of drug-likeness (QED) is 0.827. The first-order chi connectivity index (χ1) is 8.61. The van der Waals surface area contributed by atoms with Gasteiger partial charge < -0.3 is 10.2 Å². The van der Waals surface area contributed by atoms with Crippen molar-refractivity contribution < 1.29 is 13.6 Å². The Morgan fingerprint density at radius 2 is 2.06 bits per heavy atom. The minimum absolute atomic E-state index is 0.285. The maximum absolute atomic E-state index is 13.9. The molecule has 5 heteroatoms. The van der Waals surface area contributed by atoms with E-state index in [1.807, 2.05) is 0 Å². The van der Waals surface area contributed by atoms with E-state index in [-0.39, 0.29) is 5.56 Å². The van der Waals surface area contributed by atoms with Crippen LogP contribution in [0.2, 0.25) is 0 Å². The van der Waals surface area contributed by atoms with E-state index in [1.54, 1.807) is 0 Å². The van der Waals surface area contributed by atoms with Crippen LogP contribution in [0.1, 0.15) is 22.3 Å². The molecule has 0 bridgehead atoms. The number of nitrogens with one attached hydrogen (secondary N) is 1. The van der Waals surface area contributed by atoms with E-state index in [4.69, 9.17) is 0 Å². The topological polar surface area (TPSA) is 32.3 Å². The van der Waals surface area contributed by atoms with Crippen LogP contribution in [0.25, 0.3) is 0 Å². The first-order valence-electron chi connectivity index (χ1n) is 6.06. The number of nitrogens with zero attached hydrogens (tertiary/aromatic N) is 1. The zero-order valence-electron chi connectivity index (χ0n) is 10.3. The fraction of sp³-hybridized carbons (Fsp3) is 0.462. The molecule has 1 fully saturated rings. The normalized spacial score (nSPS) is 16.5. The molecular formula is C13H16F2N2O. The van der Waals surface area contributed by atoms with Gasteiger partial charge in [-0.05, 0) is 31.5 Å². The lowest BCUT2D eigenvalue weighted by molar-refractivity contribution is 0.0756. The molecule has 0 unspecified atom stereocenters. The van der Waals surface area contributed by atoms with E-state index >= 15 is 0 Å². The first kappa shape index (κ1) is 13.0. The Morgan fingerprint density at radius 3 is 2.83 bits per heavy atom. The van der Waals surface area contributed by atoms with Gasteiger partial charge in [0, 0.05) is 19.6 Å². The summed E-state index contributed by atoms with van der Waals surface area (Å²) in [6.07, 6.45) is 0.792. The lowest BCUT2D eigenvalue weighted by Gasteiger charge is -2.20. The molecule has 18 heavy (non-hydrogen) atoms. The SMILES string of the molecule is Cc1ccc(F)c(C(=O)N2CCCNCC2)c1F. The van der Waals surface area contributed by atoms with E-state index < -0.39 is 23.1 Å². The van der Waals surface area contributed by atoms with Crippen LogP contribution in [0.15, 0.2) is 12.1 Å². The number of rotatable bonds is 1. The number of aryl methyl sites for hydroxylation is 1. The molecule has 1 amide bonds. The predicted molar refractivity (Wildman–Crippen MR) is 64.5 cm³/mol. The van der Waals surface area contributed by atoms with Crippen LogP contribution >= 0.6 is 0 Å². The maximum atomic E-state index is 13.9. The second-order valence-electron chi connectivity index (χ2n) is 4.45. The summed E-state index contributed by atoms with van der Waals surface area (Å²) in [6.45, 7) is 4.00. The number of carbonyl (C=O) groups is 1. The number of carbonyl (C=O) groups excluding carboxylic acids is 1. The monoisotopic (exact) mass is 254 g/mol. The highest BCUT2D eigenvalue weighted by Crippen LogP contribution is 2.18. The van der Waals surface area contributed by atoms with Gasteiger partial charge in [0.1, 0.15) is 17.2 Å². The summed E-state index contributed by atoms with van der Waals surface area (Å²) in [4.78, 5) is 13.7. The van der Waals surface area contributed by atoms with Crippen molar-refractivity contribution in [2.24, 2.45) is 0 Å². The van der Waals surface area contributed by atoms with Gasteiger partial charge in [-0.2, -0.15) is 0 Å². The molecule has 98 valence electrons. The van der Waals surface area contributed by atoms with Crippen molar-refractivity contribution in [1.82, 2.24) is 10.2 Å². The zero-order chi connectivity index (χ0) is 13.1. The summed E-state index contributed by atoms with van der Waals surface area (Å²) in [5.41, 5.74) is -0.149. The Balaban J connectivity index is 2.30. The summed E-state index contributed by atoms with van der Waals surface area (Å²) in [6, 6.07) is 2.48. The molecule has 0 aromatic heterocycles. The minimum Gasteiger partial charge on any atom is -0.337 e. The second-order valence-corrected chi connectivity index (χ2v) is 4.45. The molecule has 0 aliphatic carbocycles. The van der Waals surface area contributed by atoms with Gasteiger partial charge in [0.25, 0.3) is 5.91 Å². The van der Waals surface area contributed by atoms with E-state index in [9.17, 15) is 13.6 Å². The van der Waals surface area contributed by atoms with E-state index in [0.29, 0.717) is 19.6 Å². The van der Waals surface area contributed by atoms with Crippen molar-refractivity contribution >= 4 is 5.91 Å². The van der Waals surface area contributed by atoms with Crippen LogP contribution in [0, 0.1) is 18.6 Å². The smallest absolute Gasteiger partial charge is 0.259 e. The molecule has 1 saturated heterocycles. The van der Waals surface area contributed by atoms with Gasteiger partial charge in [-0.25, -0.2) is 8.78 Å². The minimum atomic E-state index is -0.791. The molecule has 3 nitrogen and oxygen atoms in total. The average Bonchev–Trinajstić information content (AvgIpc) is 2.63. The Labute approximate surface area is 105 Å². The van der Waals surface area contributed by atoms with Crippen LogP contribution in [0.5, 0.6) is 0 Å². The third-order valence-electron chi connectivity index (χ3n) is 3.13. The van der Waals surface area contributed by atoms with Gasteiger partial charge in [0.2, 0.25) is 0 Å². The van der Waals surface area contributed by atoms with Gasteiger partial charge in [-0.3, -0.25) is 4.79 Å². The Morgan fingerprint density at radius 1 is 1.28 bits per heavy atom. The lowest BCUT2D eigenvalue weighted by Crippen LogP contribution is -2.35. The summed E-state index contributed by atoms with van der Waals surface area (Å²) >= 11 is 0. The molecule has 1 N–H and O–H groups in total.